The van der Waals surface area contributed by atoms with Crippen molar-refractivity contribution in [2.75, 3.05) is 9.44 Å². The van der Waals surface area contributed by atoms with Crippen LogP contribution in [0.1, 0.15) is 0 Å². The zero-order valence-corrected chi connectivity index (χ0v) is 10.4. The van der Waals surface area contributed by atoms with E-state index in [9.17, 15) is 4.39 Å². The monoisotopic (exact) mass is 264 g/mol. The number of rotatable bonds is 1. The number of benzene rings is 2. The van der Waals surface area contributed by atoms with Gasteiger partial charge in [0, 0.05) is 39.8 Å². The fourth-order valence-electron chi connectivity index (χ4n) is 1.53. The second kappa shape index (κ2) is 4.16. The van der Waals surface area contributed by atoms with Gasteiger partial charge >= 0.3 is 0 Å². The number of fused-ring (bicyclic) bond motifs is 1. The summed E-state index contributed by atoms with van der Waals surface area (Å²) in [6, 6.07) is 13.0. The van der Waals surface area contributed by atoms with E-state index in [-0.39, 0.29) is 11.5 Å². The number of halogens is 1. The summed E-state index contributed by atoms with van der Waals surface area (Å²) in [5.74, 6) is -0.375. The van der Waals surface area contributed by atoms with Crippen LogP contribution in [0.3, 0.4) is 0 Å². The summed E-state index contributed by atoms with van der Waals surface area (Å²) < 4.78 is 15.4. The molecule has 0 atom stereocenters. The molecule has 1 aliphatic rings. The molecule has 86 valence electrons. The zero-order valence-electron chi connectivity index (χ0n) is 8.76. The molecule has 0 saturated heterocycles. The van der Waals surface area contributed by atoms with Crippen molar-refractivity contribution in [3.05, 3.63) is 48.3 Å². The van der Waals surface area contributed by atoms with E-state index >= 15 is 0 Å². The normalized spacial score (nSPS) is 13.8. The molecule has 17 heavy (non-hydrogen) atoms. The second-order valence-corrected chi connectivity index (χ2v) is 5.80. The number of nitrogen functional groups attached to an aromatic ring is 1. The van der Waals surface area contributed by atoms with Gasteiger partial charge in [-0.05, 0) is 24.3 Å². The van der Waals surface area contributed by atoms with Crippen molar-refractivity contribution in [2.45, 2.75) is 9.79 Å². The Bertz CT molecular complexity index is 549. The van der Waals surface area contributed by atoms with Gasteiger partial charge in [-0.3, -0.25) is 0 Å². The minimum absolute atomic E-state index is 0.181. The van der Waals surface area contributed by atoms with Crippen LogP contribution in [0.5, 0.6) is 0 Å². The van der Waals surface area contributed by atoms with Crippen molar-refractivity contribution >= 4 is 35.3 Å². The third-order valence-electron chi connectivity index (χ3n) is 2.41. The van der Waals surface area contributed by atoms with Crippen molar-refractivity contribution in [1.82, 2.24) is 0 Å². The molecule has 2 nitrogen and oxygen atoms in total. The summed E-state index contributed by atoms with van der Waals surface area (Å²) in [6.45, 7) is 0. The third-order valence-corrected chi connectivity index (χ3v) is 4.84. The van der Waals surface area contributed by atoms with Gasteiger partial charge in [-0.1, -0.05) is 12.1 Å². The van der Waals surface area contributed by atoms with Gasteiger partial charge in [-0.2, -0.15) is 0 Å². The van der Waals surface area contributed by atoms with Crippen LogP contribution in [-0.4, -0.2) is 0 Å². The number of hydrogen-bond acceptors (Lipinski definition) is 4. The molecule has 3 rings (SSSR count). The molecule has 5 heteroatoms. The van der Waals surface area contributed by atoms with E-state index in [1.54, 1.807) is 30.0 Å². The quantitative estimate of drug-likeness (QED) is 0.624. The van der Waals surface area contributed by atoms with Crippen LogP contribution in [0, 0.1) is 5.82 Å². The fourth-order valence-corrected chi connectivity index (χ4v) is 3.78. The molecule has 2 N–H and O–H groups in total. The molecular weight excluding hydrogens is 255 g/mol. The minimum Gasteiger partial charge on any atom is -0.396 e. The molecule has 1 aliphatic heterocycles. The summed E-state index contributed by atoms with van der Waals surface area (Å²) >= 11 is 3.19. The van der Waals surface area contributed by atoms with Crippen LogP contribution >= 0.6 is 23.9 Å². The lowest BCUT2D eigenvalue weighted by molar-refractivity contribution is 0.633. The first-order chi connectivity index (χ1) is 8.24. The van der Waals surface area contributed by atoms with Crippen LogP contribution in [-0.2, 0) is 0 Å². The highest BCUT2D eigenvalue weighted by Gasteiger charge is 2.21. The molecule has 2 aromatic carbocycles. The third kappa shape index (κ3) is 1.96. The van der Waals surface area contributed by atoms with Crippen LogP contribution in [0.15, 0.2) is 52.3 Å². The molecule has 0 amide bonds. The summed E-state index contributed by atoms with van der Waals surface area (Å²) in [5, 5.41) is 0. The SMILES string of the molecule is Nc1ccc(N2Sc3ccccc3S2)cc1F. The molecule has 0 spiro atoms. The van der Waals surface area contributed by atoms with E-state index in [4.69, 9.17) is 5.73 Å². The summed E-state index contributed by atoms with van der Waals surface area (Å²) in [6.07, 6.45) is 0. The maximum Gasteiger partial charge on any atom is 0.148 e. The Morgan fingerprint density at radius 3 is 2.24 bits per heavy atom. The molecule has 0 bridgehead atoms. The van der Waals surface area contributed by atoms with E-state index in [1.807, 2.05) is 21.9 Å². The molecule has 0 aliphatic carbocycles. The van der Waals surface area contributed by atoms with E-state index in [0.29, 0.717) is 0 Å². The summed E-state index contributed by atoms with van der Waals surface area (Å²) in [4.78, 5) is 2.38. The Hall–Kier alpha value is -1.33. The van der Waals surface area contributed by atoms with Crippen molar-refractivity contribution in [3.63, 3.8) is 0 Å². The average molecular weight is 264 g/mol. The van der Waals surface area contributed by atoms with Crippen LogP contribution in [0.2, 0.25) is 0 Å². The van der Waals surface area contributed by atoms with Crippen LogP contribution in [0.25, 0.3) is 0 Å². The van der Waals surface area contributed by atoms with Crippen molar-refractivity contribution in [2.24, 2.45) is 0 Å². The maximum atomic E-state index is 13.4. The lowest BCUT2D eigenvalue weighted by Gasteiger charge is -2.14. The zero-order chi connectivity index (χ0) is 11.8. The van der Waals surface area contributed by atoms with Crippen LogP contribution in [0.4, 0.5) is 15.8 Å². The Morgan fingerprint density at radius 1 is 1.00 bits per heavy atom. The Kier molecular flexibility index (Phi) is 2.64. The van der Waals surface area contributed by atoms with Gasteiger partial charge < -0.3 is 5.73 Å². The van der Waals surface area contributed by atoms with E-state index in [1.165, 1.54) is 15.9 Å². The first kappa shape index (κ1) is 10.8. The fraction of sp³-hybridized carbons (Fsp3) is 0. The van der Waals surface area contributed by atoms with Gasteiger partial charge in [0.15, 0.2) is 0 Å². The number of anilines is 2. The largest absolute Gasteiger partial charge is 0.396 e. The van der Waals surface area contributed by atoms with E-state index in [0.717, 1.165) is 5.69 Å². The highest BCUT2D eigenvalue weighted by molar-refractivity contribution is 8.20. The molecule has 0 radical (unpaired) electrons. The van der Waals surface area contributed by atoms with Crippen molar-refractivity contribution in [1.29, 1.82) is 0 Å². The highest BCUT2D eigenvalue weighted by Crippen LogP contribution is 2.48. The lowest BCUT2D eigenvalue weighted by atomic mass is 10.3. The van der Waals surface area contributed by atoms with Gasteiger partial charge in [0.25, 0.3) is 0 Å². The number of hydrogen-bond donors (Lipinski definition) is 1. The molecule has 0 unspecified atom stereocenters. The van der Waals surface area contributed by atoms with E-state index in [2.05, 4.69) is 12.1 Å². The maximum absolute atomic E-state index is 13.4. The molecule has 1 heterocycles. The van der Waals surface area contributed by atoms with Gasteiger partial charge in [0.05, 0.1) is 11.4 Å². The molecule has 0 saturated carbocycles. The summed E-state index contributed by atoms with van der Waals surface area (Å²) in [5.41, 5.74) is 6.45. The molecule has 2 aromatic rings. The minimum atomic E-state index is -0.375. The van der Waals surface area contributed by atoms with Gasteiger partial charge in [0.1, 0.15) is 5.82 Å². The van der Waals surface area contributed by atoms with Crippen LogP contribution < -0.4 is 9.44 Å². The predicted molar refractivity (Wildman–Crippen MR) is 71.4 cm³/mol. The average Bonchev–Trinajstić information content (AvgIpc) is 2.76. The number of nitrogens with two attached hydrogens (primary N) is 1. The topological polar surface area (TPSA) is 29.3 Å². The van der Waals surface area contributed by atoms with Gasteiger partial charge in [-0.15, -0.1) is 0 Å². The van der Waals surface area contributed by atoms with Crippen molar-refractivity contribution in [3.8, 4) is 0 Å². The molecular formula is C12H9FN2S2. The molecule has 0 fully saturated rings. The van der Waals surface area contributed by atoms with E-state index < -0.39 is 0 Å². The molecule has 0 aromatic heterocycles. The predicted octanol–water partition coefficient (Wildman–Crippen LogP) is 3.94. The highest BCUT2D eigenvalue weighted by atomic mass is 32.2. The second-order valence-electron chi connectivity index (χ2n) is 3.59. The Labute approximate surface area is 107 Å². The van der Waals surface area contributed by atoms with Gasteiger partial charge in [0.2, 0.25) is 0 Å². The number of nitrogens with zero attached hydrogens (tertiary/aromatic N) is 1. The lowest BCUT2D eigenvalue weighted by Crippen LogP contribution is -1.99. The Balaban J connectivity index is 1.91. The smallest absolute Gasteiger partial charge is 0.148 e. The first-order valence-corrected chi connectivity index (χ1v) is 6.59. The first-order valence-electron chi connectivity index (χ1n) is 5.04. The Morgan fingerprint density at radius 2 is 1.65 bits per heavy atom. The van der Waals surface area contributed by atoms with Crippen molar-refractivity contribution < 1.29 is 4.39 Å². The standard InChI is InChI=1S/C12H9FN2S2/c13-9-7-8(5-6-10(9)14)15-16-11-3-1-2-4-12(11)17-15/h1-7H,14H2. The van der Waals surface area contributed by atoms with Gasteiger partial charge in [-0.25, -0.2) is 8.10 Å². The summed E-state index contributed by atoms with van der Waals surface area (Å²) in [7, 11) is 0.